The van der Waals surface area contributed by atoms with Crippen LogP contribution in [-0.2, 0) is 23.0 Å². The Bertz CT molecular complexity index is 836. The molecule has 0 spiro atoms. The lowest BCUT2D eigenvalue weighted by atomic mass is 10.1. The molecule has 0 amide bonds. The second kappa shape index (κ2) is 6.69. The van der Waals surface area contributed by atoms with Crippen LogP contribution < -0.4 is 5.32 Å². The molecule has 0 radical (unpaired) electrons. The number of aromatic nitrogens is 4. The van der Waals surface area contributed by atoms with Crippen LogP contribution in [0.1, 0.15) is 37.4 Å². The number of nitrogens with one attached hydrogen (secondary N) is 1. The van der Waals surface area contributed by atoms with Gasteiger partial charge in [-0.15, -0.1) is 0 Å². The Morgan fingerprint density at radius 2 is 2.21 bits per heavy atom. The van der Waals surface area contributed by atoms with Crippen molar-refractivity contribution in [3.8, 4) is 0 Å². The molecular weight excluding hydrogens is 348 g/mol. The molecule has 2 aromatic rings. The van der Waals surface area contributed by atoms with Gasteiger partial charge in [0.1, 0.15) is 18.0 Å². The highest BCUT2D eigenvalue weighted by Gasteiger charge is 2.32. The third kappa shape index (κ3) is 3.26. The smallest absolute Gasteiger partial charge is 0.217 e. The van der Waals surface area contributed by atoms with Gasteiger partial charge < -0.3 is 5.32 Å². The molecule has 1 aliphatic rings. The van der Waals surface area contributed by atoms with Gasteiger partial charge in [-0.2, -0.15) is 8.68 Å². The lowest BCUT2D eigenvalue weighted by molar-refractivity contribution is 0.381. The van der Waals surface area contributed by atoms with Crippen LogP contribution in [0.2, 0.25) is 0 Å². The molecule has 8 nitrogen and oxygen atoms in total. The first kappa shape index (κ1) is 17.2. The molecule has 0 aliphatic carbocycles. The van der Waals surface area contributed by atoms with Crippen molar-refractivity contribution < 1.29 is 8.42 Å². The number of hydrogen-bond acceptors (Lipinski definition) is 8. The van der Waals surface area contributed by atoms with Crippen molar-refractivity contribution in [1.29, 1.82) is 0 Å². The SMILES string of the molecule is CCC(C)S(=O)(=O)N1CCc2ncnc(Nc3nc(C)ns3)c2C1. The highest BCUT2D eigenvalue weighted by molar-refractivity contribution is 7.89. The molecule has 1 N–H and O–H groups in total. The van der Waals surface area contributed by atoms with E-state index in [1.54, 1.807) is 6.92 Å². The van der Waals surface area contributed by atoms with E-state index in [0.717, 1.165) is 11.3 Å². The Labute approximate surface area is 145 Å². The van der Waals surface area contributed by atoms with Gasteiger partial charge in [0.25, 0.3) is 0 Å². The summed E-state index contributed by atoms with van der Waals surface area (Å²) < 4.78 is 31.0. The third-order valence-electron chi connectivity index (χ3n) is 4.16. The second-order valence-electron chi connectivity index (χ2n) is 5.77. The quantitative estimate of drug-likeness (QED) is 0.859. The molecule has 0 bridgehead atoms. The maximum atomic E-state index is 12.6. The fourth-order valence-corrected chi connectivity index (χ4v) is 4.72. The Morgan fingerprint density at radius 1 is 1.42 bits per heavy atom. The molecule has 130 valence electrons. The van der Waals surface area contributed by atoms with Gasteiger partial charge in [-0.25, -0.2) is 23.4 Å². The van der Waals surface area contributed by atoms with Crippen LogP contribution in [-0.4, -0.2) is 43.8 Å². The average molecular weight is 368 g/mol. The van der Waals surface area contributed by atoms with Crippen LogP contribution in [0.3, 0.4) is 0 Å². The van der Waals surface area contributed by atoms with Crippen molar-refractivity contribution in [3.63, 3.8) is 0 Å². The minimum absolute atomic E-state index is 0.281. The van der Waals surface area contributed by atoms with Crippen molar-refractivity contribution in [1.82, 2.24) is 23.6 Å². The van der Waals surface area contributed by atoms with E-state index < -0.39 is 15.3 Å². The van der Waals surface area contributed by atoms with E-state index in [-0.39, 0.29) is 6.54 Å². The minimum Gasteiger partial charge on any atom is -0.315 e. The molecule has 2 aromatic heterocycles. The Kier molecular flexibility index (Phi) is 4.79. The fourth-order valence-electron chi connectivity index (χ4n) is 2.56. The van der Waals surface area contributed by atoms with Crippen LogP contribution in [0.4, 0.5) is 10.9 Å². The number of nitrogens with zero attached hydrogens (tertiary/aromatic N) is 5. The van der Waals surface area contributed by atoms with Crippen molar-refractivity contribution >= 4 is 32.5 Å². The van der Waals surface area contributed by atoms with Crippen molar-refractivity contribution in [2.24, 2.45) is 0 Å². The number of sulfonamides is 1. The van der Waals surface area contributed by atoms with Gasteiger partial charge in [-0.3, -0.25) is 0 Å². The molecule has 1 unspecified atom stereocenters. The lowest BCUT2D eigenvalue weighted by Gasteiger charge is -2.30. The first-order valence-electron chi connectivity index (χ1n) is 7.81. The van der Waals surface area contributed by atoms with Gasteiger partial charge in [-0.1, -0.05) is 6.92 Å². The van der Waals surface area contributed by atoms with Gasteiger partial charge in [0.15, 0.2) is 0 Å². The summed E-state index contributed by atoms with van der Waals surface area (Å²) in [5.74, 6) is 1.28. The number of hydrogen-bond donors (Lipinski definition) is 1. The van der Waals surface area contributed by atoms with E-state index in [4.69, 9.17) is 0 Å². The lowest BCUT2D eigenvalue weighted by Crippen LogP contribution is -2.41. The summed E-state index contributed by atoms with van der Waals surface area (Å²) >= 11 is 1.25. The van der Waals surface area contributed by atoms with Crippen LogP contribution in [0, 0.1) is 6.92 Å². The molecular formula is C14H20N6O2S2. The molecule has 3 rings (SSSR count). The standard InChI is InChI=1S/C14H20N6O2S2/c1-4-9(2)24(21,22)20-6-5-12-11(7-20)13(16-8-15-12)18-14-17-10(3)19-23-14/h8-9H,4-7H2,1-3H3,(H,15,16,17,18,19). The van der Waals surface area contributed by atoms with Crippen molar-refractivity contribution in [3.05, 3.63) is 23.4 Å². The molecule has 0 saturated heterocycles. The molecule has 1 atom stereocenters. The number of anilines is 2. The zero-order valence-corrected chi connectivity index (χ0v) is 15.5. The molecule has 0 fully saturated rings. The first-order valence-corrected chi connectivity index (χ1v) is 10.1. The largest absolute Gasteiger partial charge is 0.315 e. The number of fused-ring (bicyclic) bond motifs is 1. The molecule has 1 aliphatic heterocycles. The number of rotatable bonds is 5. The third-order valence-corrected chi connectivity index (χ3v) is 7.27. The minimum atomic E-state index is -3.32. The molecule has 24 heavy (non-hydrogen) atoms. The number of aryl methyl sites for hydroxylation is 1. The van der Waals surface area contributed by atoms with E-state index in [1.807, 2.05) is 13.8 Å². The maximum absolute atomic E-state index is 12.6. The summed E-state index contributed by atoms with van der Waals surface area (Å²) in [6.45, 7) is 6.18. The summed E-state index contributed by atoms with van der Waals surface area (Å²) in [5, 5.41) is 3.38. The molecule has 0 saturated carbocycles. The first-order chi connectivity index (χ1) is 11.4. The fraction of sp³-hybridized carbons (Fsp3) is 0.571. The summed E-state index contributed by atoms with van der Waals surface area (Å²) in [6.07, 6.45) is 2.66. The Balaban J connectivity index is 1.90. The molecule has 10 heteroatoms. The Hall–Kier alpha value is -1.65. The van der Waals surface area contributed by atoms with E-state index in [0.29, 0.717) is 36.2 Å². The monoisotopic (exact) mass is 368 g/mol. The van der Waals surface area contributed by atoms with Crippen LogP contribution in [0.15, 0.2) is 6.33 Å². The van der Waals surface area contributed by atoms with E-state index in [2.05, 4.69) is 24.6 Å². The second-order valence-corrected chi connectivity index (χ2v) is 8.87. The van der Waals surface area contributed by atoms with Crippen molar-refractivity contribution in [2.75, 3.05) is 11.9 Å². The van der Waals surface area contributed by atoms with E-state index >= 15 is 0 Å². The van der Waals surface area contributed by atoms with Crippen LogP contribution >= 0.6 is 11.5 Å². The van der Waals surface area contributed by atoms with E-state index in [1.165, 1.54) is 22.2 Å². The average Bonchev–Trinajstić information content (AvgIpc) is 2.98. The summed E-state index contributed by atoms with van der Waals surface area (Å²) in [4.78, 5) is 12.8. The van der Waals surface area contributed by atoms with Crippen molar-refractivity contribution in [2.45, 2.75) is 45.4 Å². The van der Waals surface area contributed by atoms with Crippen LogP contribution in [0.5, 0.6) is 0 Å². The summed E-state index contributed by atoms with van der Waals surface area (Å²) in [7, 11) is -3.32. The van der Waals surface area contributed by atoms with Gasteiger partial charge in [0.05, 0.1) is 10.9 Å². The normalized spacial score (nSPS) is 16.6. The van der Waals surface area contributed by atoms with Gasteiger partial charge in [-0.05, 0) is 20.3 Å². The Morgan fingerprint density at radius 3 is 2.88 bits per heavy atom. The predicted molar refractivity (Wildman–Crippen MR) is 92.7 cm³/mol. The predicted octanol–water partition coefficient (Wildman–Crippen LogP) is 1.87. The topological polar surface area (TPSA) is 101 Å². The maximum Gasteiger partial charge on any atom is 0.217 e. The molecule has 0 aromatic carbocycles. The zero-order chi connectivity index (χ0) is 17.3. The summed E-state index contributed by atoms with van der Waals surface area (Å²) in [6, 6.07) is 0. The van der Waals surface area contributed by atoms with Gasteiger partial charge >= 0.3 is 0 Å². The van der Waals surface area contributed by atoms with Gasteiger partial charge in [0.2, 0.25) is 15.2 Å². The highest BCUT2D eigenvalue weighted by atomic mass is 32.2. The summed E-state index contributed by atoms with van der Waals surface area (Å²) in [5.41, 5.74) is 1.69. The highest BCUT2D eigenvalue weighted by Crippen LogP contribution is 2.28. The zero-order valence-electron chi connectivity index (χ0n) is 13.9. The van der Waals surface area contributed by atoms with Gasteiger partial charge in [0, 0.05) is 36.6 Å². The van der Waals surface area contributed by atoms with E-state index in [9.17, 15) is 8.42 Å². The molecule has 3 heterocycles. The van der Waals surface area contributed by atoms with Crippen LogP contribution in [0.25, 0.3) is 0 Å².